The van der Waals surface area contributed by atoms with Crippen LogP contribution in [0.4, 0.5) is 5.69 Å². The Bertz CT molecular complexity index is 474. The number of aliphatic hydroxyl groups excluding tert-OH is 1. The fourth-order valence-corrected chi connectivity index (χ4v) is 2.48. The Hall–Kier alpha value is -1.75. The van der Waals surface area contributed by atoms with Crippen molar-refractivity contribution < 1.29 is 15.0 Å². The Labute approximate surface area is 112 Å². The van der Waals surface area contributed by atoms with Gasteiger partial charge < -0.3 is 20.4 Å². The molecule has 2 rings (SSSR count). The quantitative estimate of drug-likeness (QED) is 0.766. The van der Waals surface area contributed by atoms with E-state index >= 15 is 0 Å². The zero-order chi connectivity index (χ0) is 14.0. The summed E-state index contributed by atoms with van der Waals surface area (Å²) in [5.41, 5.74) is 1.44. The molecular weight excluding hydrogens is 244 g/mol. The molecule has 5 nitrogen and oxygen atoms in total. The molecular formula is C14H20N2O3. The van der Waals surface area contributed by atoms with Gasteiger partial charge in [-0.15, -0.1) is 0 Å². The van der Waals surface area contributed by atoms with Crippen LogP contribution in [-0.4, -0.2) is 35.3 Å². The van der Waals surface area contributed by atoms with Crippen molar-refractivity contribution in [2.24, 2.45) is 0 Å². The minimum atomic E-state index is -0.681. The first-order valence-corrected chi connectivity index (χ1v) is 6.50. The Morgan fingerprint density at radius 3 is 2.84 bits per heavy atom. The number of anilines is 1. The van der Waals surface area contributed by atoms with Crippen molar-refractivity contribution in [1.29, 1.82) is 0 Å². The first kappa shape index (κ1) is 13.7. The zero-order valence-corrected chi connectivity index (χ0v) is 11.3. The topological polar surface area (TPSA) is 72.8 Å². The number of carbonyl (C=O) groups excluding carboxylic acids is 1. The Kier molecular flexibility index (Phi) is 3.95. The number of amides is 1. The maximum Gasteiger partial charge on any atom is 0.217 e. The van der Waals surface area contributed by atoms with Crippen LogP contribution in [0.5, 0.6) is 5.75 Å². The lowest BCUT2D eigenvalue weighted by Crippen LogP contribution is -2.35. The van der Waals surface area contributed by atoms with E-state index in [0.29, 0.717) is 5.56 Å². The van der Waals surface area contributed by atoms with Crippen LogP contribution >= 0.6 is 0 Å². The largest absolute Gasteiger partial charge is 0.507 e. The molecule has 0 radical (unpaired) electrons. The average molecular weight is 264 g/mol. The molecule has 1 saturated heterocycles. The number of rotatable bonds is 3. The summed E-state index contributed by atoms with van der Waals surface area (Å²) in [6.07, 6.45) is 0.221. The van der Waals surface area contributed by atoms with Gasteiger partial charge in [-0.05, 0) is 19.4 Å². The zero-order valence-electron chi connectivity index (χ0n) is 11.3. The van der Waals surface area contributed by atoms with Crippen LogP contribution in [-0.2, 0) is 4.79 Å². The van der Waals surface area contributed by atoms with E-state index in [1.54, 1.807) is 19.1 Å². The van der Waals surface area contributed by atoms with E-state index in [9.17, 15) is 15.0 Å². The molecule has 0 spiro atoms. The van der Waals surface area contributed by atoms with E-state index in [1.165, 1.54) is 6.92 Å². The van der Waals surface area contributed by atoms with E-state index in [2.05, 4.69) is 10.2 Å². The molecule has 2 unspecified atom stereocenters. The fourth-order valence-electron chi connectivity index (χ4n) is 2.48. The molecule has 1 aliphatic heterocycles. The van der Waals surface area contributed by atoms with Gasteiger partial charge in [-0.25, -0.2) is 0 Å². The summed E-state index contributed by atoms with van der Waals surface area (Å²) in [5, 5.41) is 22.3. The number of carbonyl (C=O) groups is 1. The third-order valence-electron chi connectivity index (χ3n) is 3.42. The van der Waals surface area contributed by atoms with Crippen molar-refractivity contribution in [1.82, 2.24) is 5.32 Å². The molecule has 2 atom stereocenters. The number of nitrogens with one attached hydrogen (secondary N) is 1. The molecule has 0 bridgehead atoms. The summed E-state index contributed by atoms with van der Waals surface area (Å²) >= 11 is 0. The van der Waals surface area contributed by atoms with Crippen LogP contribution in [0.25, 0.3) is 0 Å². The molecule has 19 heavy (non-hydrogen) atoms. The Morgan fingerprint density at radius 1 is 1.53 bits per heavy atom. The highest BCUT2D eigenvalue weighted by molar-refractivity contribution is 5.73. The molecule has 0 saturated carbocycles. The van der Waals surface area contributed by atoms with Gasteiger partial charge in [0.1, 0.15) is 5.75 Å². The number of aliphatic hydroxyl groups is 1. The standard InChI is InChI=1S/C14H20N2O3/c1-9(17)13-4-3-12(7-14(13)19)16-6-5-11(8-16)15-10(2)18/h3-4,7,9,11,17,19H,5-6,8H2,1-2H3,(H,15,18). The molecule has 1 aliphatic rings. The van der Waals surface area contributed by atoms with Crippen LogP contribution in [0, 0.1) is 0 Å². The third-order valence-corrected chi connectivity index (χ3v) is 3.42. The first-order chi connectivity index (χ1) is 8.97. The second-order valence-corrected chi connectivity index (χ2v) is 5.05. The van der Waals surface area contributed by atoms with Crippen molar-refractivity contribution in [3.8, 4) is 5.75 Å². The van der Waals surface area contributed by atoms with E-state index in [0.717, 1.165) is 25.2 Å². The number of phenolic OH excluding ortho intramolecular Hbond substituents is 1. The highest BCUT2D eigenvalue weighted by atomic mass is 16.3. The van der Waals surface area contributed by atoms with Gasteiger partial charge in [-0.1, -0.05) is 6.07 Å². The van der Waals surface area contributed by atoms with Gasteiger partial charge in [0.25, 0.3) is 0 Å². The average Bonchev–Trinajstić information content (AvgIpc) is 2.75. The molecule has 1 fully saturated rings. The molecule has 1 aromatic carbocycles. The molecule has 0 aromatic heterocycles. The number of benzene rings is 1. The Balaban J connectivity index is 2.07. The monoisotopic (exact) mass is 264 g/mol. The van der Waals surface area contributed by atoms with Gasteiger partial charge in [0.05, 0.1) is 6.10 Å². The SMILES string of the molecule is CC(=O)NC1CCN(c2ccc(C(C)O)c(O)c2)C1. The molecule has 1 heterocycles. The van der Waals surface area contributed by atoms with Gasteiger partial charge in [-0.2, -0.15) is 0 Å². The molecule has 3 N–H and O–H groups in total. The second-order valence-electron chi connectivity index (χ2n) is 5.05. The highest BCUT2D eigenvalue weighted by Gasteiger charge is 2.23. The number of hydrogen-bond donors (Lipinski definition) is 3. The van der Waals surface area contributed by atoms with Crippen molar-refractivity contribution in [2.75, 3.05) is 18.0 Å². The maximum absolute atomic E-state index is 11.0. The molecule has 0 aliphatic carbocycles. The highest BCUT2D eigenvalue weighted by Crippen LogP contribution is 2.30. The summed E-state index contributed by atoms with van der Waals surface area (Å²) in [6.45, 7) is 4.73. The van der Waals surface area contributed by atoms with Crippen LogP contribution in [0.15, 0.2) is 18.2 Å². The van der Waals surface area contributed by atoms with Gasteiger partial charge in [-0.3, -0.25) is 4.79 Å². The van der Waals surface area contributed by atoms with Crippen LogP contribution in [0.3, 0.4) is 0 Å². The number of hydrogen-bond acceptors (Lipinski definition) is 4. The predicted molar refractivity (Wildman–Crippen MR) is 73.2 cm³/mol. The minimum absolute atomic E-state index is 0.0147. The summed E-state index contributed by atoms with van der Waals surface area (Å²) in [7, 11) is 0. The second kappa shape index (κ2) is 5.48. The normalized spacial score (nSPS) is 20.4. The lowest BCUT2D eigenvalue weighted by Gasteiger charge is -2.20. The van der Waals surface area contributed by atoms with Crippen molar-refractivity contribution in [3.63, 3.8) is 0 Å². The molecule has 1 aromatic rings. The van der Waals surface area contributed by atoms with Gasteiger partial charge in [0.2, 0.25) is 5.91 Å². The summed E-state index contributed by atoms with van der Waals surface area (Å²) in [6, 6.07) is 5.45. The van der Waals surface area contributed by atoms with E-state index in [-0.39, 0.29) is 17.7 Å². The van der Waals surface area contributed by atoms with Crippen LogP contribution < -0.4 is 10.2 Å². The van der Waals surface area contributed by atoms with Crippen molar-refractivity contribution in [3.05, 3.63) is 23.8 Å². The minimum Gasteiger partial charge on any atom is -0.507 e. The van der Waals surface area contributed by atoms with Crippen molar-refractivity contribution in [2.45, 2.75) is 32.4 Å². The van der Waals surface area contributed by atoms with E-state index < -0.39 is 6.10 Å². The fraction of sp³-hybridized carbons (Fsp3) is 0.500. The summed E-state index contributed by atoms with van der Waals surface area (Å²) in [5.74, 6) is 0.0922. The summed E-state index contributed by atoms with van der Waals surface area (Å²) in [4.78, 5) is 13.1. The molecule has 104 valence electrons. The molecule has 5 heteroatoms. The summed E-state index contributed by atoms with van der Waals surface area (Å²) < 4.78 is 0. The van der Waals surface area contributed by atoms with Gasteiger partial charge in [0.15, 0.2) is 0 Å². The number of nitrogens with zero attached hydrogens (tertiary/aromatic N) is 1. The molecule has 1 amide bonds. The van der Waals surface area contributed by atoms with E-state index in [1.807, 2.05) is 6.07 Å². The lowest BCUT2D eigenvalue weighted by molar-refractivity contribution is -0.119. The Morgan fingerprint density at radius 2 is 2.26 bits per heavy atom. The lowest BCUT2D eigenvalue weighted by atomic mass is 10.1. The van der Waals surface area contributed by atoms with Crippen LogP contribution in [0.2, 0.25) is 0 Å². The number of aromatic hydroxyl groups is 1. The van der Waals surface area contributed by atoms with Gasteiger partial charge in [0, 0.05) is 43.4 Å². The third kappa shape index (κ3) is 3.17. The van der Waals surface area contributed by atoms with Crippen LogP contribution in [0.1, 0.15) is 31.9 Å². The van der Waals surface area contributed by atoms with E-state index in [4.69, 9.17) is 0 Å². The number of phenols is 1. The maximum atomic E-state index is 11.0. The van der Waals surface area contributed by atoms with Crippen molar-refractivity contribution >= 4 is 11.6 Å². The first-order valence-electron chi connectivity index (χ1n) is 6.50. The predicted octanol–water partition coefficient (Wildman–Crippen LogP) is 1.16. The van der Waals surface area contributed by atoms with Gasteiger partial charge >= 0.3 is 0 Å². The smallest absolute Gasteiger partial charge is 0.217 e.